The number of methoxy groups -OCH3 is 2. The number of nitrogens with one attached hydrogen (secondary N) is 1. The van der Waals surface area contributed by atoms with E-state index in [-0.39, 0.29) is 27.8 Å². The van der Waals surface area contributed by atoms with Gasteiger partial charge in [0.25, 0.3) is 0 Å². The fraction of sp³-hybridized carbons (Fsp3) is 0.263. The van der Waals surface area contributed by atoms with Crippen LogP contribution in [0, 0.1) is 0 Å². The summed E-state index contributed by atoms with van der Waals surface area (Å²) in [5.41, 5.74) is 0.151. The van der Waals surface area contributed by atoms with Crippen LogP contribution >= 0.6 is 0 Å². The minimum Gasteiger partial charge on any atom is -0.464 e. The first-order valence-corrected chi connectivity index (χ1v) is 8.24. The number of H-pyrrole nitrogens is 1. The standard InChI is InChI=1S/C19H17NO7/c1-4-5-9-16-10(13(21)7-12(20-16)18(23)25-2)6-11-14(22)8-15(19(24)26-3)27-17(9)11/h6-8H,4-5H2,1-3H3,(H,20,21). The zero-order valence-electron chi connectivity index (χ0n) is 15.0. The number of benzene rings is 1. The summed E-state index contributed by atoms with van der Waals surface area (Å²) in [6.07, 6.45) is 1.12. The van der Waals surface area contributed by atoms with Gasteiger partial charge in [0.05, 0.1) is 25.1 Å². The van der Waals surface area contributed by atoms with Gasteiger partial charge in [0.1, 0.15) is 11.3 Å². The molecule has 0 atom stereocenters. The quantitative estimate of drug-likeness (QED) is 0.552. The van der Waals surface area contributed by atoms with Crippen molar-refractivity contribution in [3.8, 4) is 0 Å². The molecule has 0 bridgehead atoms. The number of hydrogen-bond acceptors (Lipinski definition) is 7. The van der Waals surface area contributed by atoms with Gasteiger partial charge in [-0.15, -0.1) is 0 Å². The van der Waals surface area contributed by atoms with Gasteiger partial charge in [-0.05, 0) is 12.5 Å². The summed E-state index contributed by atoms with van der Waals surface area (Å²) < 4.78 is 14.9. The molecule has 27 heavy (non-hydrogen) atoms. The average molecular weight is 371 g/mol. The number of ether oxygens (including phenoxy) is 2. The van der Waals surface area contributed by atoms with E-state index in [0.717, 1.165) is 12.1 Å². The maximum absolute atomic E-state index is 12.5. The van der Waals surface area contributed by atoms with Crippen molar-refractivity contribution in [1.82, 2.24) is 4.98 Å². The smallest absolute Gasteiger partial charge is 0.374 e. The van der Waals surface area contributed by atoms with Crippen LogP contribution in [0.2, 0.25) is 0 Å². The zero-order valence-corrected chi connectivity index (χ0v) is 15.0. The molecule has 1 N–H and O–H groups in total. The number of pyridine rings is 1. The highest BCUT2D eigenvalue weighted by molar-refractivity contribution is 6.00. The van der Waals surface area contributed by atoms with Gasteiger partial charge in [-0.2, -0.15) is 0 Å². The molecule has 0 amide bonds. The zero-order chi connectivity index (χ0) is 19.7. The minimum atomic E-state index is -0.784. The van der Waals surface area contributed by atoms with Crippen molar-refractivity contribution < 1.29 is 23.5 Å². The Morgan fingerprint density at radius 2 is 1.67 bits per heavy atom. The second-order valence-corrected chi connectivity index (χ2v) is 5.91. The normalized spacial score (nSPS) is 10.9. The predicted octanol–water partition coefficient (Wildman–Crippen LogP) is 2.16. The van der Waals surface area contributed by atoms with Crippen LogP contribution < -0.4 is 10.9 Å². The fourth-order valence-electron chi connectivity index (χ4n) is 2.98. The first-order chi connectivity index (χ1) is 12.9. The molecular formula is C19H17NO7. The lowest BCUT2D eigenvalue weighted by atomic mass is 10.0. The Balaban J connectivity index is 2.50. The van der Waals surface area contributed by atoms with Gasteiger partial charge in [-0.25, -0.2) is 9.59 Å². The summed E-state index contributed by atoms with van der Waals surface area (Å²) >= 11 is 0. The van der Waals surface area contributed by atoms with Crippen LogP contribution in [0.25, 0.3) is 21.9 Å². The van der Waals surface area contributed by atoms with Crippen molar-refractivity contribution >= 4 is 33.8 Å². The van der Waals surface area contributed by atoms with Crippen LogP contribution in [0.4, 0.5) is 0 Å². The van der Waals surface area contributed by atoms with Crippen molar-refractivity contribution in [3.05, 3.63) is 55.7 Å². The molecule has 3 aromatic rings. The highest BCUT2D eigenvalue weighted by Gasteiger charge is 2.20. The Morgan fingerprint density at radius 1 is 1.00 bits per heavy atom. The van der Waals surface area contributed by atoms with E-state index < -0.39 is 22.8 Å². The largest absolute Gasteiger partial charge is 0.464 e. The van der Waals surface area contributed by atoms with Crippen LogP contribution in [0.15, 0.2) is 32.2 Å². The van der Waals surface area contributed by atoms with Crippen LogP contribution in [0.5, 0.6) is 0 Å². The van der Waals surface area contributed by atoms with Gasteiger partial charge in [0.15, 0.2) is 10.9 Å². The highest BCUT2D eigenvalue weighted by atomic mass is 16.5. The molecule has 0 spiro atoms. The predicted molar refractivity (Wildman–Crippen MR) is 97.3 cm³/mol. The molecule has 2 heterocycles. The Hall–Kier alpha value is -3.42. The average Bonchev–Trinajstić information content (AvgIpc) is 2.67. The maximum Gasteiger partial charge on any atom is 0.374 e. The van der Waals surface area contributed by atoms with E-state index in [1.54, 1.807) is 0 Å². The number of aryl methyl sites for hydroxylation is 1. The molecule has 0 saturated heterocycles. The Kier molecular flexibility index (Phi) is 4.81. The number of carbonyl (C=O) groups excluding carboxylic acids is 2. The van der Waals surface area contributed by atoms with Gasteiger partial charge in [-0.1, -0.05) is 13.3 Å². The lowest BCUT2D eigenvalue weighted by Gasteiger charge is -2.11. The van der Waals surface area contributed by atoms with Crippen LogP contribution in [-0.2, 0) is 15.9 Å². The van der Waals surface area contributed by atoms with Gasteiger partial charge in [-0.3, -0.25) is 9.59 Å². The van der Waals surface area contributed by atoms with Crippen molar-refractivity contribution in [2.75, 3.05) is 14.2 Å². The fourth-order valence-corrected chi connectivity index (χ4v) is 2.98. The van der Waals surface area contributed by atoms with E-state index in [1.165, 1.54) is 20.3 Å². The van der Waals surface area contributed by atoms with Gasteiger partial charge in [0, 0.05) is 23.1 Å². The van der Waals surface area contributed by atoms with Crippen molar-refractivity contribution in [2.24, 2.45) is 0 Å². The molecule has 140 valence electrons. The van der Waals surface area contributed by atoms with E-state index >= 15 is 0 Å². The van der Waals surface area contributed by atoms with Gasteiger partial charge in [0.2, 0.25) is 5.76 Å². The Morgan fingerprint density at radius 3 is 2.30 bits per heavy atom. The third-order valence-corrected chi connectivity index (χ3v) is 4.21. The highest BCUT2D eigenvalue weighted by Crippen LogP contribution is 2.26. The number of hydrogen-bond donors (Lipinski definition) is 1. The summed E-state index contributed by atoms with van der Waals surface area (Å²) in [5.74, 6) is -1.71. The lowest BCUT2D eigenvalue weighted by Crippen LogP contribution is -2.14. The molecule has 1 aromatic carbocycles. The lowest BCUT2D eigenvalue weighted by molar-refractivity contribution is 0.0563. The molecule has 0 unspecified atom stereocenters. The first-order valence-electron chi connectivity index (χ1n) is 8.24. The molecule has 0 aliphatic rings. The number of fused-ring (bicyclic) bond motifs is 2. The number of aromatic amines is 1. The van der Waals surface area contributed by atoms with Crippen molar-refractivity contribution in [1.29, 1.82) is 0 Å². The van der Waals surface area contributed by atoms with E-state index in [1.807, 2.05) is 6.92 Å². The summed E-state index contributed by atoms with van der Waals surface area (Å²) in [6, 6.07) is 3.56. The van der Waals surface area contributed by atoms with E-state index in [9.17, 15) is 19.2 Å². The Labute approximate surface area is 152 Å². The second kappa shape index (κ2) is 7.06. The third kappa shape index (κ3) is 3.10. The van der Waals surface area contributed by atoms with E-state index in [0.29, 0.717) is 23.9 Å². The minimum absolute atomic E-state index is 0.0156. The van der Waals surface area contributed by atoms with Gasteiger partial charge < -0.3 is 18.9 Å². The topological polar surface area (TPSA) is 116 Å². The summed E-state index contributed by atoms with van der Waals surface area (Å²) in [6.45, 7) is 1.91. The molecule has 0 fully saturated rings. The van der Waals surface area contributed by atoms with Gasteiger partial charge >= 0.3 is 11.9 Å². The number of esters is 2. The summed E-state index contributed by atoms with van der Waals surface area (Å²) in [5, 5.41) is 0.423. The molecule has 0 radical (unpaired) electrons. The molecular weight excluding hydrogens is 354 g/mol. The van der Waals surface area contributed by atoms with Crippen molar-refractivity contribution in [3.63, 3.8) is 0 Å². The number of carbonyl (C=O) groups is 2. The Bertz CT molecular complexity index is 1100. The SMILES string of the molecule is CCCc1c2[nH]c(C(=O)OC)cc(=O)c2cc2c(=O)cc(C(=O)OC)oc12. The second-order valence-electron chi connectivity index (χ2n) is 5.91. The van der Waals surface area contributed by atoms with Crippen LogP contribution in [0.3, 0.4) is 0 Å². The van der Waals surface area contributed by atoms with E-state index in [2.05, 4.69) is 14.5 Å². The first kappa shape index (κ1) is 18.4. The molecule has 0 saturated carbocycles. The third-order valence-electron chi connectivity index (χ3n) is 4.21. The summed E-state index contributed by atoms with van der Waals surface area (Å²) in [4.78, 5) is 51.6. The molecule has 3 rings (SSSR count). The molecule has 8 heteroatoms. The number of rotatable bonds is 4. The van der Waals surface area contributed by atoms with Crippen molar-refractivity contribution in [2.45, 2.75) is 19.8 Å². The molecule has 8 nitrogen and oxygen atoms in total. The number of aromatic nitrogens is 1. The summed E-state index contributed by atoms with van der Waals surface area (Å²) in [7, 11) is 2.39. The van der Waals surface area contributed by atoms with Crippen LogP contribution in [-0.4, -0.2) is 31.1 Å². The molecule has 0 aliphatic heterocycles. The molecule has 0 aliphatic carbocycles. The molecule has 2 aromatic heterocycles. The monoisotopic (exact) mass is 371 g/mol. The van der Waals surface area contributed by atoms with Crippen LogP contribution in [0.1, 0.15) is 40.0 Å². The maximum atomic E-state index is 12.5. The van der Waals surface area contributed by atoms with E-state index in [4.69, 9.17) is 4.42 Å².